The Morgan fingerprint density at radius 3 is 1.45 bits per heavy atom. The third kappa shape index (κ3) is 11.6. The van der Waals surface area contributed by atoms with Crippen molar-refractivity contribution in [3.05, 3.63) is 120 Å². The molecule has 0 unspecified atom stereocenters. The molecule has 1 aliphatic carbocycles. The predicted octanol–water partition coefficient (Wildman–Crippen LogP) is 14.1. The Balaban J connectivity index is 0.000000202. The molecule has 0 heterocycles. The molecule has 0 N–H and O–H groups in total. The topological polar surface area (TPSA) is 0 Å². The molecule has 6 heteroatoms. The van der Waals surface area contributed by atoms with Crippen molar-refractivity contribution in [3.63, 3.8) is 0 Å². The quantitative estimate of drug-likeness (QED) is 0.120. The summed E-state index contributed by atoms with van der Waals surface area (Å²) in [5, 5.41) is 8.61. The van der Waals surface area contributed by atoms with Crippen LogP contribution in [0.4, 0.5) is 0 Å². The molecule has 1 aliphatic rings. The SMILES string of the molecule is C[Si](C)(C)c1ccc(-c2cccc3[cH-]c(C4CCCCC4)cc23)cc1.C[Si]C.Cc1cc2c(-c3ccc([Si](C)(C)C)cc3)cccc2[cH-]1.[Cl][Zr+2][Cl]. The average Bonchev–Trinajstić information content (AvgIpc) is 3.72. The predicted molar refractivity (Wildman–Crippen MR) is 236 cm³/mol. The fraction of sp³-hybridized carbons (Fsp3) is 0.333. The molecule has 51 heavy (non-hydrogen) atoms. The van der Waals surface area contributed by atoms with Gasteiger partial charge >= 0.3 is 37.9 Å². The molecule has 2 radical (unpaired) electrons. The van der Waals surface area contributed by atoms with Crippen LogP contribution in [0.2, 0.25) is 52.4 Å². The Bertz CT molecular complexity index is 1930. The van der Waals surface area contributed by atoms with Gasteiger partial charge in [0.25, 0.3) is 0 Å². The molecular weight excluding hydrogens is 787 g/mol. The van der Waals surface area contributed by atoms with Gasteiger partial charge in [0.2, 0.25) is 0 Å². The van der Waals surface area contributed by atoms with Crippen LogP contribution in [-0.2, 0) is 20.8 Å². The van der Waals surface area contributed by atoms with Crippen molar-refractivity contribution in [1.29, 1.82) is 0 Å². The Hall–Kier alpha value is -1.79. The molecule has 7 rings (SSSR count). The van der Waals surface area contributed by atoms with E-state index in [1.54, 1.807) is 5.56 Å². The Morgan fingerprint density at radius 2 is 1.02 bits per heavy atom. The Labute approximate surface area is 332 Å². The van der Waals surface area contributed by atoms with Crippen LogP contribution in [0.3, 0.4) is 0 Å². The summed E-state index contributed by atoms with van der Waals surface area (Å²) in [6.07, 6.45) is 6.97. The zero-order valence-corrected chi connectivity index (χ0v) is 39.2. The van der Waals surface area contributed by atoms with Gasteiger partial charge in [-0.25, -0.2) is 0 Å². The van der Waals surface area contributed by atoms with Crippen molar-refractivity contribution in [3.8, 4) is 22.3 Å². The number of benzene rings is 4. The molecule has 266 valence electrons. The number of fused-ring (bicyclic) bond motifs is 2. The number of rotatable bonds is 5. The third-order valence-electron chi connectivity index (χ3n) is 9.87. The second-order valence-electron chi connectivity index (χ2n) is 16.0. The summed E-state index contributed by atoms with van der Waals surface area (Å²) in [6, 6.07) is 41.4. The molecule has 1 fully saturated rings. The molecule has 6 aromatic rings. The van der Waals surface area contributed by atoms with Crippen molar-refractivity contribution in [2.75, 3.05) is 0 Å². The van der Waals surface area contributed by atoms with E-state index in [2.05, 4.69) is 168 Å². The van der Waals surface area contributed by atoms with Gasteiger partial charge in [0.05, 0.1) is 16.1 Å². The minimum absolute atomic E-state index is 0.781. The van der Waals surface area contributed by atoms with E-state index in [4.69, 9.17) is 17.0 Å². The summed E-state index contributed by atoms with van der Waals surface area (Å²) in [7, 11) is 8.51. The van der Waals surface area contributed by atoms with Gasteiger partial charge in [-0.2, -0.15) is 12.1 Å². The first-order valence-corrected chi connectivity index (χ1v) is 33.8. The molecule has 0 bridgehead atoms. The average molecular weight is 843 g/mol. The van der Waals surface area contributed by atoms with Crippen molar-refractivity contribution >= 4 is 74.6 Å². The molecule has 6 aromatic carbocycles. The monoisotopic (exact) mass is 840 g/mol. The van der Waals surface area contributed by atoms with Crippen molar-refractivity contribution in [1.82, 2.24) is 0 Å². The fourth-order valence-electron chi connectivity index (χ4n) is 7.12. The zero-order valence-electron chi connectivity index (χ0n) is 32.3. The number of hydrogen-bond donors (Lipinski definition) is 0. The van der Waals surface area contributed by atoms with Crippen LogP contribution >= 0.6 is 17.0 Å². The summed E-state index contributed by atoms with van der Waals surface area (Å²) in [5.74, 6) is 0.781. The first-order valence-electron chi connectivity index (χ1n) is 18.4. The van der Waals surface area contributed by atoms with Gasteiger partial charge in [0.1, 0.15) is 0 Å². The van der Waals surface area contributed by atoms with E-state index < -0.39 is 37.0 Å². The number of aryl methyl sites for hydroxylation is 1. The Kier molecular flexibility index (Phi) is 16.1. The molecular formula is C45H56Cl2Si3Zr. The van der Waals surface area contributed by atoms with E-state index in [0.717, 1.165) is 15.4 Å². The second-order valence-corrected chi connectivity index (χ2v) is 30.9. The van der Waals surface area contributed by atoms with E-state index >= 15 is 0 Å². The van der Waals surface area contributed by atoms with Crippen molar-refractivity contribution < 1.29 is 20.8 Å². The fourth-order valence-corrected chi connectivity index (χ4v) is 9.45. The summed E-state index contributed by atoms with van der Waals surface area (Å²) >= 11 is -0.826. The third-order valence-corrected chi connectivity index (χ3v) is 14.0. The van der Waals surface area contributed by atoms with Crippen LogP contribution < -0.4 is 10.4 Å². The molecule has 0 atom stereocenters. The van der Waals surface area contributed by atoms with Gasteiger partial charge in [0.15, 0.2) is 0 Å². The zero-order chi connectivity index (χ0) is 37.2. The molecule has 0 spiro atoms. The van der Waals surface area contributed by atoms with Crippen LogP contribution in [0, 0.1) is 6.92 Å². The van der Waals surface area contributed by atoms with Crippen LogP contribution in [0.15, 0.2) is 109 Å². The molecule has 0 saturated heterocycles. The van der Waals surface area contributed by atoms with E-state index in [1.165, 1.54) is 91.8 Å². The van der Waals surface area contributed by atoms with Crippen LogP contribution in [-0.4, -0.2) is 25.7 Å². The maximum atomic E-state index is 4.93. The molecule has 0 nitrogen and oxygen atoms in total. The normalized spacial score (nSPS) is 13.3. The molecule has 0 amide bonds. The van der Waals surface area contributed by atoms with Crippen LogP contribution in [0.1, 0.15) is 49.1 Å². The van der Waals surface area contributed by atoms with E-state index in [1.807, 2.05) is 0 Å². The maximum absolute atomic E-state index is 4.93. The molecule has 0 aliphatic heterocycles. The van der Waals surface area contributed by atoms with Gasteiger partial charge in [-0.15, -0.1) is 69.1 Å². The minimum atomic E-state index is -1.23. The van der Waals surface area contributed by atoms with Crippen molar-refractivity contribution in [2.24, 2.45) is 0 Å². The van der Waals surface area contributed by atoms with Crippen molar-refractivity contribution in [2.45, 2.75) is 97.3 Å². The Morgan fingerprint density at radius 1 is 0.608 bits per heavy atom. The summed E-state index contributed by atoms with van der Waals surface area (Å²) in [4.78, 5) is 0. The van der Waals surface area contributed by atoms with E-state index in [-0.39, 0.29) is 0 Å². The first kappa shape index (κ1) is 42.0. The van der Waals surface area contributed by atoms with Gasteiger partial charge in [-0.3, -0.25) is 0 Å². The summed E-state index contributed by atoms with van der Waals surface area (Å²) in [6.45, 7) is 20.9. The summed E-state index contributed by atoms with van der Waals surface area (Å²) in [5.41, 5.74) is 8.32. The van der Waals surface area contributed by atoms with Crippen LogP contribution in [0.5, 0.6) is 0 Å². The molecule has 0 aromatic heterocycles. The number of hydrogen-bond acceptors (Lipinski definition) is 0. The van der Waals surface area contributed by atoms with Crippen LogP contribution in [0.25, 0.3) is 43.8 Å². The van der Waals surface area contributed by atoms with Gasteiger partial charge in [-0.05, 0) is 29.9 Å². The standard InChI is InChI=1S/C24H29Si.C19H21Si.C2H6Si.2ClH.Zr/c1-25(2,3)22-14-12-19(13-15-22)23-11-7-10-20-16-21(17-24(20)23)18-8-5-4-6-9-18;1-14-12-16-6-5-7-18(19(16)13-14)15-8-10-17(11-9-15)20(2,3)4;1-3-2;;;/h7,10-18H,4-6,8-9H2,1-3H3;5-13H,1-4H3;1-2H3;2*1H;/q2*-1;;;;+4/p-2. The number of halogens is 2. The molecule has 1 saturated carbocycles. The first-order chi connectivity index (χ1) is 24.3. The van der Waals surface area contributed by atoms with E-state index in [0.29, 0.717) is 0 Å². The van der Waals surface area contributed by atoms with Gasteiger partial charge in [0, 0.05) is 9.52 Å². The summed E-state index contributed by atoms with van der Waals surface area (Å²) < 4.78 is 0. The van der Waals surface area contributed by atoms with E-state index in [9.17, 15) is 0 Å². The van der Waals surface area contributed by atoms with Gasteiger partial charge < -0.3 is 0 Å². The second kappa shape index (κ2) is 19.5. The van der Waals surface area contributed by atoms with Gasteiger partial charge in [-0.1, -0.05) is 161 Å².